The van der Waals surface area contributed by atoms with Crippen LogP contribution in [0.3, 0.4) is 0 Å². The lowest BCUT2D eigenvalue weighted by Crippen LogP contribution is -2.42. The second-order valence-corrected chi connectivity index (χ2v) is 14.5. The van der Waals surface area contributed by atoms with Crippen LogP contribution in [0.1, 0.15) is 74.7 Å². The molecular formula is C36H47F2N5O4S. The number of piperidine rings is 2. The number of likely N-dealkylation sites (tertiary alicyclic amines) is 2. The number of amides is 1. The minimum atomic E-state index is -0.552. The Morgan fingerprint density at radius 1 is 1.15 bits per heavy atom. The van der Waals surface area contributed by atoms with Crippen molar-refractivity contribution in [2.45, 2.75) is 70.6 Å². The van der Waals surface area contributed by atoms with Gasteiger partial charge in [-0.05, 0) is 96.8 Å². The minimum Gasteiger partial charge on any atom is -0.496 e. The zero-order chi connectivity index (χ0) is 34.4. The Labute approximate surface area is 285 Å². The molecule has 2 fully saturated rings. The van der Waals surface area contributed by atoms with Crippen molar-refractivity contribution < 1.29 is 27.8 Å². The molecule has 0 saturated carbocycles. The molecule has 2 saturated heterocycles. The number of aldehydes is 1. The highest BCUT2D eigenvalue weighted by Crippen LogP contribution is 2.35. The van der Waals surface area contributed by atoms with Gasteiger partial charge in [-0.1, -0.05) is 17.4 Å². The number of imidazole rings is 1. The quantitative estimate of drug-likeness (QED) is 0.154. The predicted molar refractivity (Wildman–Crippen MR) is 187 cm³/mol. The van der Waals surface area contributed by atoms with Crippen molar-refractivity contribution >= 4 is 38.9 Å². The van der Waals surface area contributed by atoms with Crippen LogP contribution in [-0.4, -0.2) is 96.8 Å². The Morgan fingerprint density at radius 2 is 1.92 bits per heavy atom. The first kappa shape index (κ1) is 35.7. The lowest BCUT2D eigenvalue weighted by atomic mass is 9.90. The molecule has 12 heteroatoms. The summed E-state index contributed by atoms with van der Waals surface area (Å²) in [6, 6.07) is 8.82. The average molecular weight is 684 g/mol. The van der Waals surface area contributed by atoms with Crippen LogP contribution in [0.15, 0.2) is 36.5 Å². The lowest BCUT2D eigenvalue weighted by Gasteiger charge is -2.34. The third kappa shape index (κ3) is 8.69. The molecule has 48 heavy (non-hydrogen) atoms. The molecule has 1 amide bonds. The SMILES string of the molecule is CNCCCN1CCC(F)CC1.COc1cc2c(cc1C=O)sc1nc(-c3ccc(C4CCCN(C(=O)OC(C)(C)C)C4)cc3F)cn12. The van der Waals surface area contributed by atoms with Crippen molar-refractivity contribution in [3.05, 3.63) is 53.5 Å². The van der Waals surface area contributed by atoms with Gasteiger partial charge in [-0.2, -0.15) is 0 Å². The number of methoxy groups -OCH3 is 1. The summed E-state index contributed by atoms with van der Waals surface area (Å²) in [5.74, 6) is 0.178. The number of rotatable bonds is 8. The Kier molecular flexibility index (Phi) is 11.7. The van der Waals surface area contributed by atoms with Gasteiger partial charge in [-0.25, -0.2) is 18.6 Å². The van der Waals surface area contributed by atoms with Crippen LogP contribution in [0.5, 0.6) is 5.75 Å². The number of hydrogen-bond acceptors (Lipinski definition) is 8. The number of hydrogen-bond donors (Lipinski definition) is 1. The van der Waals surface area contributed by atoms with E-state index in [0.717, 1.165) is 73.9 Å². The second-order valence-electron chi connectivity index (χ2n) is 13.5. The van der Waals surface area contributed by atoms with Crippen LogP contribution in [0.2, 0.25) is 0 Å². The summed E-state index contributed by atoms with van der Waals surface area (Å²) in [4.78, 5) is 33.3. The Balaban J connectivity index is 0.000000318. The topological polar surface area (TPSA) is 88.4 Å². The molecule has 2 aliphatic heterocycles. The number of carbonyl (C=O) groups is 2. The molecule has 2 aromatic heterocycles. The molecule has 260 valence electrons. The van der Waals surface area contributed by atoms with E-state index in [1.807, 2.05) is 38.3 Å². The maximum absolute atomic E-state index is 15.3. The normalized spacial score (nSPS) is 17.7. The van der Waals surface area contributed by atoms with Crippen molar-refractivity contribution in [2.75, 3.05) is 53.4 Å². The van der Waals surface area contributed by atoms with Crippen molar-refractivity contribution in [3.8, 4) is 17.0 Å². The van der Waals surface area contributed by atoms with Gasteiger partial charge in [0.25, 0.3) is 0 Å². The van der Waals surface area contributed by atoms with Crippen LogP contribution in [-0.2, 0) is 4.74 Å². The first-order valence-corrected chi connectivity index (χ1v) is 17.5. The van der Waals surface area contributed by atoms with E-state index in [1.54, 1.807) is 35.4 Å². The highest BCUT2D eigenvalue weighted by molar-refractivity contribution is 7.23. The first-order valence-electron chi connectivity index (χ1n) is 16.7. The maximum atomic E-state index is 15.3. The van der Waals surface area contributed by atoms with E-state index in [0.29, 0.717) is 40.6 Å². The summed E-state index contributed by atoms with van der Waals surface area (Å²) in [5, 5.41) is 3.12. The molecule has 0 spiro atoms. The number of halogens is 2. The summed E-state index contributed by atoms with van der Waals surface area (Å²) < 4.78 is 41.7. The van der Waals surface area contributed by atoms with Gasteiger partial charge in [0, 0.05) is 49.9 Å². The summed E-state index contributed by atoms with van der Waals surface area (Å²) in [6.45, 7) is 10.8. The van der Waals surface area contributed by atoms with Crippen LogP contribution >= 0.6 is 11.3 Å². The summed E-state index contributed by atoms with van der Waals surface area (Å²) in [5.41, 5.74) is 2.58. The van der Waals surface area contributed by atoms with Crippen LogP contribution in [0.25, 0.3) is 26.4 Å². The number of benzene rings is 2. The van der Waals surface area contributed by atoms with Gasteiger partial charge in [-0.3, -0.25) is 9.20 Å². The molecule has 0 radical (unpaired) electrons. The number of carbonyl (C=O) groups excluding carboxylic acids is 2. The van der Waals surface area contributed by atoms with Gasteiger partial charge in [0.15, 0.2) is 11.2 Å². The van der Waals surface area contributed by atoms with Gasteiger partial charge in [-0.15, -0.1) is 0 Å². The van der Waals surface area contributed by atoms with E-state index in [9.17, 15) is 14.0 Å². The first-order chi connectivity index (χ1) is 23.0. The molecule has 2 aromatic carbocycles. The van der Waals surface area contributed by atoms with Gasteiger partial charge in [0.05, 0.1) is 28.6 Å². The molecule has 1 atom stereocenters. The largest absolute Gasteiger partial charge is 0.496 e. The Hall–Kier alpha value is -3.61. The highest BCUT2D eigenvalue weighted by Gasteiger charge is 2.29. The van der Waals surface area contributed by atoms with Gasteiger partial charge in [0.1, 0.15) is 23.3 Å². The van der Waals surface area contributed by atoms with Crippen molar-refractivity contribution in [1.29, 1.82) is 0 Å². The lowest BCUT2D eigenvalue weighted by molar-refractivity contribution is 0.0198. The fraction of sp³-hybridized carbons (Fsp3) is 0.528. The third-order valence-corrected chi connectivity index (χ3v) is 9.82. The number of fused-ring (bicyclic) bond motifs is 3. The van der Waals surface area contributed by atoms with E-state index in [4.69, 9.17) is 9.47 Å². The predicted octanol–water partition coefficient (Wildman–Crippen LogP) is 7.32. The van der Waals surface area contributed by atoms with E-state index < -0.39 is 11.8 Å². The molecular weight excluding hydrogens is 636 g/mol. The van der Waals surface area contributed by atoms with Crippen LogP contribution in [0, 0.1) is 5.82 Å². The van der Waals surface area contributed by atoms with E-state index in [-0.39, 0.29) is 17.8 Å². The zero-order valence-corrected chi connectivity index (χ0v) is 29.4. The fourth-order valence-corrected chi connectivity index (χ4v) is 7.32. The molecule has 0 aliphatic carbocycles. The average Bonchev–Trinajstić information content (AvgIpc) is 3.62. The number of thiazole rings is 1. The summed E-state index contributed by atoms with van der Waals surface area (Å²) in [7, 11) is 3.49. The fourth-order valence-electron chi connectivity index (χ4n) is 6.28. The molecule has 4 heterocycles. The summed E-state index contributed by atoms with van der Waals surface area (Å²) >= 11 is 1.43. The van der Waals surface area contributed by atoms with E-state index >= 15 is 4.39 Å². The van der Waals surface area contributed by atoms with Gasteiger partial charge >= 0.3 is 6.09 Å². The number of alkyl halides is 1. The molecule has 9 nitrogen and oxygen atoms in total. The Bertz CT molecular complexity index is 1710. The molecule has 2 aliphatic rings. The number of nitrogens with zero attached hydrogens (tertiary/aromatic N) is 4. The minimum absolute atomic E-state index is 0.0451. The second kappa shape index (κ2) is 15.7. The van der Waals surface area contributed by atoms with Gasteiger partial charge < -0.3 is 24.6 Å². The monoisotopic (exact) mass is 683 g/mol. The van der Waals surface area contributed by atoms with Crippen LogP contribution < -0.4 is 10.1 Å². The number of aromatic nitrogens is 2. The van der Waals surface area contributed by atoms with Crippen molar-refractivity contribution in [1.82, 2.24) is 24.5 Å². The molecule has 0 bridgehead atoms. The highest BCUT2D eigenvalue weighted by atomic mass is 32.1. The van der Waals surface area contributed by atoms with Crippen molar-refractivity contribution in [2.24, 2.45) is 0 Å². The summed E-state index contributed by atoms with van der Waals surface area (Å²) in [6.07, 6.45) is 6.07. The Morgan fingerprint density at radius 3 is 2.58 bits per heavy atom. The molecule has 4 aromatic rings. The molecule has 6 rings (SSSR count). The van der Waals surface area contributed by atoms with E-state index in [2.05, 4.69) is 15.2 Å². The zero-order valence-electron chi connectivity index (χ0n) is 28.6. The van der Waals surface area contributed by atoms with Crippen molar-refractivity contribution in [3.63, 3.8) is 0 Å². The van der Waals surface area contributed by atoms with Crippen LogP contribution in [0.4, 0.5) is 13.6 Å². The third-order valence-electron chi connectivity index (χ3n) is 8.80. The molecule has 1 N–H and O–H groups in total. The smallest absolute Gasteiger partial charge is 0.410 e. The van der Waals surface area contributed by atoms with Gasteiger partial charge in [0.2, 0.25) is 0 Å². The standard InChI is InChI=1S/C27H28FN3O4S.C9H19FN2/c1-27(2,3)35-26(33)30-9-5-6-17(13-30)16-7-8-19(20(28)10-16)21-14-31-22-12-23(34-4)18(15-32)11-24(22)36-25(31)29-21;1-11-5-2-6-12-7-3-9(10)4-8-12/h7-8,10-12,14-15,17H,5-6,9,13H2,1-4H3;9,11H,2-8H2,1H3. The number of ether oxygens (including phenoxy) is 2. The van der Waals surface area contributed by atoms with E-state index in [1.165, 1.54) is 24.9 Å². The molecule has 1 unspecified atom stereocenters. The maximum Gasteiger partial charge on any atom is 0.410 e. The number of nitrogens with one attached hydrogen (secondary N) is 1.